The second-order valence-electron chi connectivity index (χ2n) is 7.20. The highest BCUT2D eigenvalue weighted by atomic mass is 35.5. The van der Waals surface area contributed by atoms with Crippen molar-refractivity contribution in [2.75, 3.05) is 17.1 Å². The van der Waals surface area contributed by atoms with Crippen LogP contribution in [0.3, 0.4) is 0 Å². The van der Waals surface area contributed by atoms with Crippen molar-refractivity contribution in [1.82, 2.24) is 10.3 Å². The van der Waals surface area contributed by atoms with Crippen molar-refractivity contribution < 1.29 is 26.8 Å². The number of ketones is 1. The number of sulfonamides is 1. The summed E-state index contributed by atoms with van der Waals surface area (Å²) in [6, 6.07) is 8.02. The summed E-state index contributed by atoms with van der Waals surface area (Å²) < 4.78 is 54.7. The van der Waals surface area contributed by atoms with Crippen LogP contribution in [-0.2, 0) is 10.0 Å². The smallest absolute Gasteiger partial charge is 0.318 e. The Morgan fingerprint density at radius 1 is 1.06 bits per heavy atom. The van der Waals surface area contributed by atoms with Crippen LogP contribution in [-0.4, -0.2) is 32.3 Å². The van der Waals surface area contributed by atoms with Crippen molar-refractivity contribution in [3.05, 3.63) is 81.1 Å². The fraction of sp³-hybridized carbons (Fsp3) is 0.136. The highest BCUT2D eigenvalue weighted by molar-refractivity contribution is 7.92. The molecule has 0 radical (unpaired) electrons. The number of pyridine rings is 1. The minimum atomic E-state index is -4.41. The molecule has 0 saturated heterocycles. The van der Waals surface area contributed by atoms with Gasteiger partial charge in [0.15, 0.2) is 0 Å². The summed E-state index contributed by atoms with van der Waals surface area (Å²) in [6.07, 6.45) is -1.75. The van der Waals surface area contributed by atoms with E-state index in [1.807, 2.05) is 0 Å². The molecule has 1 aromatic heterocycles. The van der Waals surface area contributed by atoms with Crippen molar-refractivity contribution in [2.24, 2.45) is 0 Å². The first-order chi connectivity index (χ1) is 16.4. The number of aryl methyl sites for hydroxylation is 1. The normalized spacial score (nSPS) is 11.3. The molecule has 0 aliphatic heterocycles. The maximum absolute atomic E-state index is 13.3. The van der Waals surface area contributed by atoms with E-state index in [0.717, 1.165) is 24.4 Å². The number of carbonyl (C=O) groups is 2. The molecular weight excluding hydrogens is 525 g/mol. The van der Waals surface area contributed by atoms with E-state index in [0.29, 0.717) is 0 Å². The lowest BCUT2D eigenvalue weighted by atomic mass is 10.1. The Bertz CT molecular complexity index is 1420. The summed E-state index contributed by atoms with van der Waals surface area (Å²) in [5, 5.41) is 4.88. The van der Waals surface area contributed by atoms with Gasteiger partial charge in [0.2, 0.25) is 5.78 Å². The third-order valence-electron chi connectivity index (χ3n) is 4.81. The van der Waals surface area contributed by atoms with E-state index in [2.05, 4.69) is 20.3 Å². The Hall–Kier alpha value is -3.28. The van der Waals surface area contributed by atoms with Crippen LogP contribution in [0.5, 0.6) is 0 Å². The topological polar surface area (TPSA) is 117 Å². The minimum absolute atomic E-state index is 0.0116. The molecule has 0 aliphatic carbocycles. The lowest BCUT2D eigenvalue weighted by molar-refractivity contribution is 0.103. The number of benzene rings is 2. The van der Waals surface area contributed by atoms with Gasteiger partial charge in [-0.3, -0.25) is 9.52 Å². The number of aromatic nitrogens is 1. The zero-order valence-corrected chi connectivity index (χ0v) is 20.5. The fourth-order valence-corrected chi connectivity index (χ4v) is 4.47. The van der Waals surface area contributed by atoms with Crippen molar-refractivity contribution in [1.29, 1.82) is 0 Å². The molecule has 0 saturated carbocycles. The van der Waals surface area contributed by atoms with Crippen LogP contribution < -0.4 is 15.4 Å². The standard InChI is InChI=1S/C22H18Cl2F2N4O4S/c1-11-3-5-14(9-15(11)21(25)26)35(33,34)30-18-7-12(23)10-28-19(18)20(31)16-8-13(4-6-17(16)24)29-22(32)27-2/h3-10,21,30H,1-2H3,(H2,27,29,32). The molecular formula is C22H18Cl2F2N4O4S. The van der Waals surface area contributed by atoms with Gasteiger partial charge in [-0.05, 0) is 48.9 Å². The molecule has 0 fully saturated rings. The minimum Gasteiger partial charge on any atom is -0.341 e. The summed E-state index contributed by atoms with van der Waals surface area (Å²) >= 11 is 12.1. The number of hydrogen-bond donors (Lipinski definition) is 3. The zero-order chi connectivity index (χ0) is 25.9. The maximum Gasteiger partial charge on any atom is 0.318 e. The van der Waals surface area contributed by atoms with Gasteiger partial charge in [0.1, 0.15) is 5.69 Å². The molecule has 8 nitrogen and oxygen atoms in total. The summed E-state index contributed by atoms with van der Waals surface area (Å²) in [4.78, 5) is 28.4. The van der Waals surface area contributed by atoms with Crippen LogP contribution in [0.4, 0.5) is 25.0 Å². The van der Waals surface area contributed by atoms with Gasteiger partial charge in [0.25, 0.3) is 16.4 Å². The van der Waals surface area contributed by atoms with E-state index < -0.39 is 38.7 Å². The number of alkyl halides is 2. The van der Waals surface area contributed by atoms with Gasteiger partial charge >= 0.3 is 6.03 Å². The van der Waals surface area contributed by atoms with Crippen molar-refractivity contribution in [2.45, 2.75) is 18.2 Å². The van der Waals surface area contributed by atoms with Gasteiger partial charge in [-0.2, -0.15) is 0 Å². The Morgan fingerprint density at radius 2 is 1.77 bits per heavy atom. The van der Waals surface area contributed by atoms with Crippen LogP contribution in [0.25, 0.3) is 0 Å². The number of anilines is 2. The number of nitrogens with one attached hydrogen (secondary N) is 3. The summed E-state index contributed by atoms with van der Waals surface area (Å²) in [5.41, 5.74) is -0.696. The molecule has 1 heterocycles. The lowest BCUT2D eigenvalue weighted by Crippen LogP contribution is -2.24. The average molecular weight is 543 g/mol. The van der Waals surface area contributed by atoms with E-state index in [-0.39, 0.29) is 38.2 Å². The van der Waals surface area contributed by atoms with E-state index in [1.165, 1.54) is 38.2 Å². The first kappa shape index (κ1) is 26.3. The number of carbonyl (C=O) groups excluding carboxylic acids is 2. The van der Waals surface area contributed by atoms with Crippen LogP contribution >= 0.6 is 23.2 Å². The molecule has 184 valence electrons. The van der Waals surface area contributed by atoms with E-state index in [1.54, 1.807) is 0 Å². The summed E-state index contributed by atoms with van der Waals surface area (Å²) in [7, 11) is -3.00. The Labute approximate surface area is 209 Å². The van der Waals surface area contributed by atoms with Gasteiger partial charge in [-0.15, -0.1) is 0 Å². The zero-order valence-electron chi connectivity index (χ0n) is 18.2. The van der Waals surface area contributed by atoms with Crippen LogP contribution in [0.15, 0.2) is 53.6 Å². The number of hydrogen-bond acceptors (Lipinski definition) is 5. The molecule has 35 heavy (non-hydrogen) atoms. The monoisotopic (exact) mass is 542 g/mol. The predicted molar refractivity (Wildman–Crippen MR) is 129 cm³/mol. The van der Waals surface area contributed by atoms with E-state index >= 15 is 0 Å². The molecule has 2 aromatic carbocycles. The van der Waals surface area contributed by atoms with Crippen molar-refractivity contribution >= 4 is 56.4 Å². The fourth-order valence-electron chi connectivity index (χ4n) is 3.02. The predicted octanol–water partition coefficient (Wildman–Crippen LogP) is 5.42. The Balaban J connectivity index is 2.03. The molecule has 13 heteroatoms. The molecule has 0 unspecified atom stereocenters. The number of urea groups is 1. The quantitative estimate of drug-likeness (QED) is 0.344. The lowest BCUT2D eigenvalue weighted by Gasteiger charge is -2.14. The summed E-state index contributed by atoms with van der Waals surface area (Å²) in [5.74, 6) is -0.776. The highest BCUT2D eigenvalue weighted by Gasteiger charge is 2.24. The first-order valence-corrected chi connectivity index (χ1v) is 12.1. The van der Waals surface area contributed by atoms with Crippen molar-refractivity contribution in [3.63, 3.8) is 0 Å². The molecule has 0 bridgehead atoms. The third kappa shape index (κ3) is 6.05. The summed E-state index contributed by atoms with van der Waals surface area (Å²) in [6.45, 7) is 1.43. The number of halogens is 4. The Morgan fingerprint density at radius 3 is 2.43 bits per heavy atom. The second kappa shape index (κ2) is 10.5. The van der Waals surface area contributed by atoms with Gasteiger partial charge < -0.3 is 10.6 Å². The molecule has 2 amide bonds. The van der Waals surface area contributed by atoms with Gasteiger partial charge in [-0.1, -0.05) is 29.3 Å². The van der Waals surface area contributed by atoms with Crippen LogP contribution in [0.2, 0.25) is 10.0 Å². The molecule has 0 atom stereocenters. The van der Waals surface area contributed by atoms with Gasteiger partial charge in [0.05, 0.1) is 20.6 Å². The van der Waals surface area contributed by atoms with Gasteiger partial charge in [-0.25, -0.2) is 27.0 Å². The van der Waals surface area contributed by atoms with Gasteiger partial charge in [0, 0.05) is 30.1 Å². The molecule has 3 N–H and O–H groups in total. The molecule has 0 aliphatic rings. The first-order valence-electron chi connectivity index (χ1n) is 9.83. The maximum atomic E-state index is 13.3. The largest absolute Gasteiger partial charge is 0.341 e. The molecule has 3 rings (SSSR count). The number of rotatable bonds is 7. The SMILES string of the molecule is CNC(=O)Nc1ccc(Cl)c(C(=O)c2ncc(Cl)cc2NS(=O)(=O)c2ccc(C)c(C(F)F)c2)c1. The average Bonchev–Trinajstić information content (AvgIpc) is 2.79. The van der Waals surface area contributed by atoms with Crippen LogP contribution in [0.1, 0.15) is 33.6 Å². The Kier molecular flexibility index (Phi) is 7.93. The number of amides is 2. The molecule has 3 aromatic rings. The third-order valence-corrected chi connectivity index (χ3v) is 6.71. The highest BCUT2D eigenvalue weighted by Crippen LogP contribution is 2.30. The molecule has 0 spiro atoms. The van der Waals surface area contributed by atoms with E-state index in [9.17, 15) is 26.8 Å². The van der Waals surface area contributed by atoms with E-state index in [4.69, 9.17) is 23.2 Å². The second-order valence-corrected chi connectivity index (χ2v) is 9.73. The van der Waals surface area contributed by atoms with Crippen LogP contribution in [0, 0.1) is 6.92 Å². The van der Waals surface area contributed by atoms with Crippen molar-refractivity contribution in [3.8, 4) is 0 Å². The number of nitrogens with zero attached hydrogens (tertiary/aromatic N) is 1.